The molecule has 1 fully saturated rings. The fourth-order valence-electron chi connectivity index (χ4n) is 2.29. The molecule has 102 valence electrons. The van der Waals surface area contributed by atoms with E-state index < -0.39 is 0 Å². The van der Waals surface area contributed by atoms with E-state index in [-0.39, 0.29) is 0 Å². The van der Waals surface area contributed by atoms with E-state index in [0.717, 1.165) is 63.5 Å². The molecule has 1 aromatic rings. The summed E-state index contributed by atoms with van der Waals surface area (Å²) in [5.41, 5.74) is 0. The fraction of sp³-hybridized carbons (Fsp3) is 0.846. The quantitative estimate of drug-likeness (QED) is 0.776. The lowest BCUT2D eigenvalue weighted by molar-refractivity contribution is 0.0359. The second-order valence-electron chi connectivity index (χ2n) is 4.92. The molecule has 1 aliphatic rings. The Kier molecular flexibility index (Phi) is 5.13. The smallest absolute Gasteiger partial charge is 0.240 e. The van der Waals surface area contributed by atoms with Crippen LogP contribution in [0.5, 0.6) is 0 Å². The molecular formula is C13H23N3O2. The molecule has 5 nitrogen and oxygen atoms in total. The Balaban J connectivity index is 1.77. The van der Waals surface area contributed by atoms with Gasteiger partial charge in [-0.15, -0.1) is 0 Å². The average molecular weight is 253 g/mol. The minimum absolute atomic E-state index is 0.420. The first-order chi connectivity index (χ1) is 8.81. The minimum atomic E-state index is 0.420. The van der Waals surface area contributed by atoms with Crippen molar-refractivity contribution >= 4 is 0 Å². The van der Waals surface area contributed by atoms with Crippen molar-refractivity contribution in [1.82, 2.24) is 15.0 Å². The van der Waals surface area contributed by atoms with Gasteiger partial charge < -0.3 is 9.26 Å². The third-order valence-corrected chi connectivity index (χ3v) is 3.49. The lowest BCUT2D eigenvalue weighted by Crippen LogP contribution is -2.36. The molecular weight excluding hydrogens is 230 g/mol. The number of unbranched alkanes of at least 4 members (excludes halogenated alkanes) is 1. The topological polar surface area (TPSA) is 51.4 Å². The maximum absolute atomic E-state index is 5.36. The first kappa shape index (κ1) is 13.5. The Morgan fingerprint density at radius 1 is 1.39 bits per heavy atom. The van der Waals surface area contributed by atoms with Crippen LogP contribution in [0.1, 0.15) is 44.3 Å². The number of hydrogen-bond acceptors (Lipinski definition) is 5. The molecule has 18 heavy (non-hydrogen) atoms. The van der Waals surface area contributed by atoms with Crippen molar-refractivity contribution < 1.29 is 9.26 Å². The van der Waals surface area contributed by atoms with Crippen LogP contribution in [-0.4, -0.2) is 41.3 Å². The summed E-state index contributed by atoms with van der Waals surface area (Å²) >= 11 is 0. The van der Waals surface area contributed by atoms with Gasteiger partial charge in [0.2, 0.25) is 5.89 Å². The van der Waals surface area contributed by atoms with Crippen molar-refractivity contribution in [2.45, 2.75) is 51.7 Å². The Morgan fingerprint density at radius 2 is 2.17 bits per heavy atom. The fourth-order valence-corrected chi connectivity index (χ4v) is 2.29. The van der Waals surface area contributed by atoms with Gasteiger partial charge in [-0.25, -0.2) is 0 Å². The van der Waals surface area contributed by atoms with Crippen molar-refractivity contribution in [1.29, 1.82) is 0 Å². The van der Waals surface area contributed by atoms with Gasteiger partial charge in [-0.05, 0) is 19.3 Å². The zero-order chi connectivity index (χ0) is 12.8. The van der Waals surface area contributed by atoms with E-state index in [4.69, 9.17) is 9.26 Å². The Hall–Kier alpha value is -0.940. The summed E-state index contributed by atoms with van der Waals surface area (Å²) in [6.07, 6.45) is 5.81. The second-order valence-corrected chi connectivity index (χ2v) is 4.92. The molecule has 2 heterocycles. The van der Waals surface area contributed by atoms with Crippen LogP contribution in [0.15, 0.2) is 4.52 Å². The molecule has 1 aromatic heterocycles. The van der Waals surface area contributed by atoms with Gasteiger partial charge in [-0.3, -0.25) is 4.90 Å². The molecule has 5 heteroatoms. The molecule has 0 amide bonds. The zero-order valence-corrected chi connectivity index (χ0v) is 11.4. The predicted octanol–water partition coefficient (Wildman–Crippen LogP) is 2.02. The van der Waals surface area contributed by atoms with E-state index in [2.05, 4.69) is 22.0 Å². The summed E-state index contributed by atoms with van der Waals surface area (Å²) in [5, 5.41) is 4.01. The van der Waals surface area contributed by atoms with E-state index in [1.165, 1.54) is 0 Å². The molecule has 0 aliphatic carbocycles. The highest BCUT2D eigenvalue weighted by Gasteiger charge is 2.20. The van der Waals surface area contributed by atoms with Crippen molar-refractivity contribution in [3.05, 3.63) is 11.7 Å². The lowest BCUT2D eigenvalue weighted by atomic mass is 10.1. The first-order valence-corrected chi connectivity index (χ1v) is 6.88. The largest absolute Gasteiger partial charge is 0.381 e. The molecule has 0 aromatic carbocycles. The average Bonchev–Trinajstić information content (AvgIpc) is 2.85. The van der Waals surface area contributed by atoms with Gasteiger partial charge in [0.25, 0.3) is 0 Å². The van der Waals surface area contributed by atoms with Gasteiger partial charge in [-0.2, -0.15) is 4.98 Å². The Labute approximate surface area is 108 Å². The Bertz CT molecular complexity index is 346. The number of likely N-dealkylation sites (tertiary alicyclic amines) is 1. The maximum Gasteiger partial charge on any atom is 0.240 e. The van der Waals surface area contributed by atoms with Crippen LogP contribution >= 0.6 is 0 Å². The number of aromatic nitrogens is 2. The third kappa shape index (κ3) is 3.78. The second kappa shape index (κ2) is 6.85. The monoisotopic (exact) mass is 253 g/mol. The van der Waals surface area contributed by atoms with Crippen LogP contribution in [0, 0.1) is 0 Å². The predicted molar refractivity (Wildman–Crippen MR) is 68.2 cm³/mol. The van der Waals surface area contributed by atoms with Gasteiger partial charge in [0.15, 0.2) is 5.82 Å². The van der Waals surface area contributed by atoms with Gasteiger partial charge in [0.05, 0.1) is 12.6 Å². The number of nitrogens with zero attached hydrogens (tertiary/aromatic N) is 3. The van der Waals surface area contributed by atoms with Crippen LogP contribution in [0.25, 0.3) is 0 Å². The molecule has 0 unspecified atom stereocenters. The number of ether oxygens (including phenoxy) is 1. The summed E-state index contributed by atoms with van der Waals surface area (Å²) in [6.45, 7) is 5.03. The van der Waals surface area contributed by atoms with E-state index in [1.807, 2.05) is 0 Å². The van der Waals surface area contributed by atoms with Crippen molar-refractivity contribution in [3.8, 4) is 0 Å². The Morgan fingerprint density at radius 3 is 2.83 bits per heavy atom. The minimum Gasteiger partial charge on any atom is -0.381 e. The van der Waals surface area contributed by atoms with Gasteiger partial charge >= 0.3 is 0 Å². The summed E-state index contributed by atoms with van der Waals surface area (Å²) in [5.74, 6) is 1.59. The van der Waals surface area contributed by atoms with Crippen molar-refractivity contribution in [2.24, 2.45) is 0 Å². The number of aryl methyl sites for hydroxylation is 1. The van der Waals surface area contributed by atoms with E-state index in [9.17, 15) is 0 Å². The molecule has 2 rings (SSSR count). The maximum atomic E-state index is 5.36. The molecule has 0 spiro atoms. The zero-order valence-electron chi connectivity index (χ0n) is 11.4. The number of methoxy groups -OCH3 is 1. The summed E-state index contributed by atoms with van der Waals surface area (Å²) < 4.78 is 10.6. The third-order valence-electron chi connectivity index (χ3n) is 3.49. The molecule has 0 bridgehead atoms. The standard InChI is InChI=1S/C13H23N3O2/c1-3-4-5-12-14-13(18-15-12)10-16-8-6-11(17-2)7-9-16/h11H,3-10H2,1-2H3. The molecule has 0 N–H and O–H groups in total. The highest BCUT2D eigenvalue weighted by molar-refractivity contribution is 4.87. The first-order valence-electron chi connectivity index (χ1n) is 6.88. The lowest BCUT2D eigenvalue weighted by Gasteiger charge is -2.29. The highest BCUT2D eigenvalue weighted by atomic mass is 16.5. The van der Waals surface area contributed by atoms with Crippen LogP contribution in [0.2, 0.25) is 0 Å². The van der Waals surface area contributed by atoms with Crippen molar-refractivity contribution in [2.75, 3.05) is 20.2 Å². The number of hydrogen-bond donors (Lipinski definition) is 0. The molecule has 1 aliphatic heterocycles. The van der Waals surface area contributed by atoms with Gasteiger partial charge in [0, 0.05) is 26.6 Å². The van der Waals surface area contributed by atoms with Crippen molar-refractivity contribution in [3.63, 3.8) is 0 Å². The normalized spacial score (nSPS) is 18.3. The van der Waals surface area contributed by atoms with E-state index in [0.29, 0.717) is 6.10 Å². The van der Waals surface area contributed by atoms with Crippen LogP contribution in [0.4, 0.5) is 0 Å². The molecule has 0 radical (unpaired) electrons. The van der Waals surface area contributed by atoms with E-state index in [1.54, 1.807) is 7.11 Å². The molecule has 0 atom stereocenters. The summed E-state index contributed by atoms with van der Waals surface area (Å²) in [7, 11) is 1.79. The van der Waals surface area contributed by atoms with E-state index >= 15 is 0 Å². The number of piperidine rings is 1. The SMILES string of the molecule is CCCCc1noc(CN2CCC(OC)CC2)n1. The summed E-state index contributed by atoms with van der Waals surface area (Å²) in [4.78, 5) is 6.78. The van der Waals surface area contributed by atoms with Crippen LogP contribution in [-0.2, 0) is 17.7 Å². The number of rotatable bonds is 6. The van der Waals surface area contributed by atoms with Crippen LogP contribution in [0.3, 0.4) is 0 Å². The van der Waals surface area contributed by atoms with Crippen LogP contribution < -0.4 is 0 Å². The summed E-state index contributed by atoms with van der Waals surface area (Å²) in [6, 6.07) is 0. The van der Waals surface area contributed by atoms with Gasteiger partial charge in [-0.1, -0.05) is 18.5 Å². The molecule has 1 saturated heterocycles. The highest BCUT2D eigenvalue weighted by Crippen LogP contribution is 2.15. The van der Waals surface area contributed by atoms with Gasteiger partial charge in [0.1, 0.15) is 0 Å². The molecule has 0 saturated carbocycles.